The van der Waals surface area contributed by atoms with E-state index in [0.717, 1.165) is 0 Å². The van der Waals surface area contributed by atoms with Gasteiger partial charge in [-0.3, -0.25) is 28.1 Å². The highest BCUT2D eigenvalue weighted by Crippen LogP contribution is 1.79. The topological polar surface area (TPSA) is 54.4 Å². The van der Waals surface area contributed by atoms with E-state index in [9.17, 15) is 8.42 Å². The maximum Gasteiger partial charge on any atom is 0.261 e. The fourth-order valence-electron chi connectivity index (χ4n) is 0.385. The Morgan fingerprint density at radius 1 is 0.688 bits per heavy atom. The molecule has 0 aliphatic rings. The van der Waals surface area contributed by atoms with E-state index in [1.54, 1.807) is 0 Å². The zero-order valence-corrected chi connectivity index (χ0v) is 8.99. The molecule has 1 aromatic carbocycles. The molecule has 1 rings (SSSR count). The van der Waals surface area contributed by atoms with Crippen molar-refractivity contribution in [1.82, 2.24) is 0 Å². The van der Waals surface area contributed by atoms with Crippen molar-refractivity contribution < 1.29 is 36.5 Å². The lowest BCUT2D eigenvalue weighted by Crippen LogP contribution is -1.88. The van der Waals surface area contributed by atoms with Crippen molar-refractivity contribution in [3.63, 3.8) is 0 Å². The van der Waals surface area contributed by atoms with Gasteiger partial charge in [-0.05, 0) is 0 Å². The monoisotopic (exact) mass is 274 g/mol. The van der Waals surface area contributed by atoms with E-state index in [4.69, 9.17) is 4.55 Å². The summed E-state index contributed by atoms with van der Waals surface area (Å²) in [5, 5.41) is 0. The number of benzene rings is 1. The van der Waals surface area contributed by atoms with Crippen LogP contribution in [0.25, 0.3) is 0 Å². The second-order valence-electron chi connectivity index (χ2n) is 1.89. The fraction of sp³-hybridized carbons (Fsp3) is 0.143. The van der Waals surface area contributed by atoms with Gasteiger partial charge >= 0.3 is 0 Å². The molecule has 0 spiro atoms. The van der Waals surface area contributed by atoms with Crippen molar-refractivity contribution in [1.29, 1.82) is 0 Å². The van der Waals surface area contributed by atoms with Gasteiger partial charge in [-0.25, -0.2) is 0 Å². The zero-order chi connectivity index (χ0) is 8.74. The molecule has 0 saturated heterocycles. The first kappa shape index (κ1) is 36.4. The molecule has 0 aromatic heterocycles. The van der Waals surface area contributed by atoms with Crippen LogP contribution < -0.4 is 0 Å². The van der Waals surface area contributed by atoms with Gasteiger partial charge in [0.2, 0.25) is 0 Å². The smallest absolute Gasteiger partial charge is 0.261 e. The molecule has 1 N–H and O–H groups in total. The van der Waals surface area contributed by atoms with Crippen LogP contribution in [0, 0.1) is 0 Å². The van der Waals surface area contributed by atoms with Crippen molar-refractivity contribution >= 4 is 10.1 Å². The molecule has 0 heterocycles. The summed E-state index contributed by atoms with van der Waals surface area (Å²) in [6.45, 7) is 0. The average molecular weight is 274 g/mol. The van der Waals surface area contributed by atoms with Gasteiger partial charge in [-0.1, -0.05) is 36.4 Å². The molecular formula is C7H15F5O3S. The summed E-state index contributed by atoms with van der Waals surface area (Å²) in [6, 6.07) is 12.0. The fourth-order valence-corrected chi connectivity index (χ4v) is 0.385. The quantitative estimate of drug-likeness (QED) is 0.581. The summed E-state index contributed by atoms with van der Waals surface area (Å²) in [5.41, 5.74) is 0. The summed E-state index contributed by atoms with van der Waals surface area (Å²) in [6.07, 6.45) is 0.715. The van der Waals surface area contributed by atoms with Gasteiger partial charge in [0.1, 0.15) is 0 Å². The third kappa shape index (κ3) is 77.6. The van der Waals surface area contributed by atoms with Crippen LogP contribution in [-0.2, 0) is 10.1 Å². The first-order valence-corrected chi connectivity index (χ1v) is 4.77. The molecule has 0 aliphatic carbocycles. The maximum absolute atomic E-state index is 9.19. The predicted molar refractivity (Wildman–Crippen MR) is 56.4 cm³/mol. The summed E-state index contributed by atoms with van der Waals surface area (Å²) < 4.78 is 25.9. The van der Waals surface area contributed by atoms with Gasteiger partial charge in [-0.15, -0.1) is 0 Å². The molecule has 3 nitrogen and oxygen atoms in total. The van der Waals surface area contributed by atoms with Crippen LogP contribution in [0.5, 0.6) is 0 Å². The van der Waals surface area contributed by atoms with Crippen LogP contribution in [0.4, 0.5) is 23.5 Å². The van der Waals surface area contributed by atoms with Crippen LogP contribution in [-0.4, -0.2) is 19.2 Å². The lowest BCUT2D eigenvalue weighted by Gasteiger charge is -1.69. The third-order valence-corrected chi connectivity index (χ3v) is 0.667. The summed E-state index contributed by atoms with van der Waals surface area (Å²) >= 11 is 0. The van der Waals surface area contributed by atoms with E-state index >= 15 is 0 Å². The van der Waals surface area contributed by atoms with E-state index in [-0.39, 0.29) is 23.5 Å². The van der Waals surface area contributed by atoms with Crippen LogP contribution in [0.15, 0.2) is 36.4 Å². The van der Waals surface area contributed by atoms with Gasteiger partial charge in [0.25, 0.3) is 10.1 Å². The second-order valence-corrected chi connectivity index (χ2v) is 3.35. The summed E-state index contributed by atoms with van der Waals surface area (Å²) in [5.74, 6) is 0. The first-order chi connectivity index (χ1) is 5.00. The Morgan fingerprint density at radius 3 is 0.812 bits per heavy atom. The Labute approximate surface area is 90.1 Å². The number of hydrogen-bond donors (Lipinski definition) is 1. The van der Waals surface area contributed by atoms with Crippen LogP contribution in [0.3, 0.4) is 0 Å². The van der Waals surface area contributed by atoms with Crippen LogP contribution in [0.2, 0.25) is 0 Å². The first-order valence-electron chi connectivity index (χ1n) is 2.92. The minimum absolute atomic E-state index is 0. The van der Waals surface area contributed by atoms with Crippen molar-refractivity contribution in [2.24, 2.45) is 0 Å². The minimum atomic E-state index is -3.67. The van der Waals surface area contributed by atoms with E-state index in [0.29, 0.717) is 6.26 Å². The number of hydrogen-bond acceptors (Lipinski definition) is 2. The second kappa shape index (κ2) is 19.4. The lowest BCUT2D eigenvalue weighted by atomic mass is 10.4. The zero-order valence-electron chi connectivity index (χ0n) is 8.18. The molecule has 0 unspecified atom stereocenters. The van der Waals surface area contributed by atoms with Crippen molar-refractivity contribution in [2.75, 3.05) is 6.26 Å². The van der Waals surface area contributed by atoms with Gasteiger partial charge in [-0.2, -0.15) is 8.42 Å². The highest BCUT2D eigenvalue weighted by Gasteiger charge is 1.81. The summed E-state index contributed by atoms with van der Waals surface area (Å²) in [7, 11) is -3.67. The minimum Gasteiger partial charge on any atom is -0.286 e. The highest BCUT2D eigenvalue weighted by atomic mass is 32.2. The van der Waals surface area contributed by atoms with Gasteiger partial charge in [0, 0.05) is 0 Å². The number of halogens is 5. The molecule has 0 atom stereocenters. The van der Waals surface area contributed by atoms with Crippen molar-refractivity contribution in [3.05, 3.63) is 36.4 Å². The van der Waals surface area contributed by atoms with Crippen molar-refractivity contribution in [2.45, 2.75) is 0 Å². The van der Waals surface area contributed by atoms with Gasteiger partial charge in [0.15, 0.2) is 0 Å². The third-order valence-electron chi connectivity index (χ3n) is 0.667. The maximum atomic E-state index is 9.19. The van der Waals surface area contributed by atoms with Gasteiger partial charge < -0.3 is 0 Å². The molecule has 0 bridgehead atoms. The van der Waals surface area contributed by atoms with Crippen molar-refractivity contribution in [3.8, 4) is 0 Å². The molecule has 9 heteroatoms. The molecular weight excluding hydrogens is 259 g/mol. The van der Waals surface area contributed by atoms with E-state index < -0.39 is 10.1 Å². The molecule has 102 valence electrons. The molecule has 16 heavy (non-hydrogen) atoms. The number of rotatable bonds is 0. The molecule has 0 aliphatic heterocycles. The average Bonchev–Trinajstić information content (AvgIpc) is 1.88. The standard InChI is InChI=1S/C6H6.CH4O3S.5FH/c1-2-4-6-5-3-1;1-5(2,3)4;;;;;/h1-6H;1H3,(H,2,3,4);5*1H. The SMILES string of the molecule is CS(=O)(=O)O.F.F.F.F.F.c1ccccc1. The lowest BCUT2D eigenvalue weighted by molar-refractivity contribution is 0.490. The summed E-state index contributed by atoms with van der Waals surface area (Å²) in [4.78, 5) is 0. The Bertz CT molecular complexity index is 245. The Kier molecular flexibility index (Phi) is 44.1. The van der Waals surface area contributed by atoms with Gasteiger partial charge in [0.05, 0.1) is 6.26 Å². The normalized spacial score (nSPS) is 6.62. The Morgan fingerprint density at radius 2 is 0.750 bits per heavy atom. The van der Waals surface area contributed by atoms with E-state index in [1.165, 1.54) is 0 Å². The van der Waals surface area contributed by atoms with E-state index in [1.807, 2.05) is 36.4 Å². The Balaban J connectivity index is -0.0000000241. The molecule has 1 aromatic rings. The molecule has 0 radical (unpaired) electrons. The predicted octanol–water partition coefficient (Wildman–Crippen LogP) is 1.95. The molecule has 0 fully saturated rings. The molecule has 0 amide bonds. The van der Waals surface area contributed by atoms with Crippen LogP contribution in [0.1, 0.15) is 0 Å². The Hall–Kier alpha value is -1.22. The largest absolute Gasteiger partial charge is 0.286 e. The van der Waals surface area contributed by atoms with Crippen LogP contribution >= 0.6 is 0 Å². The molecule has 0 saturated carbocycles. The highest BCUT2D eigenvalue weighted by molar-refractivity contribution is 7.85. The van der Waals surface area contributed by atoms with E-state index in [2.05, 4.69) is 0 Å².